The molecule has 144 valence electrons. The summed E-state index contributed by atoms with van der Waals surface area (Å²) >= 11 is 1.54. The monoisotopic (exact) mass is 386 g/mol. The Morgan fingerprint density at radius 1 is 1.22 bits per heavy atom. The molecule has 4 rings (SSSR count). The van der Waals surface area contributed by atoms with Crippen molar-refractivity contribution in [3.63, 3.8) is 0 Å². The molecule has 0 spiro atoms. The predicted octanol–water partition coefficient (Wildman–Crippen LogP) is 3.80. The van der Waals surface area contributed by atoms with E-state index in [4.69, 9.17) is 0 Å². The van der Waals surface area contributed by atoms with Gasteiger partial charge in [0.1, 0.15) is 16.6 Å². The first-order valence-corrected chi connectivity index (χ1v) is 10.7. The van der Waals surface area contributed by atoms with Crippen LogP contribution < -0.4 is 5.32 Å². The van der Waals surface area contributed by atoms with Crippen LogP contribution in [0, 0.1) is 12.8 Å². The average molecular weight is 387 g/mol. The van der Waals surface area contributed by atoms with Crippen molar-refractivity contribution < 1.29 is 4.79 Å². The number of nitrogens with one attached hydrogen (secondary N) is 1. The summed E-state index contributed by atoms with van der Waals surface area (Å²) in [6.07, 6.45) is 7.30. The van der Waals surface area contributed by atoms with Crippen LogP contribution >= 0.6 is 11.3 Å². The zero-order valence-corrected chi connectivity index (χ0v) is 16.8. The van der Waals surface area contributed by atoms with Crippen LogP contribution in [0.2, 0.25) is 0 Å². The van der Waals surface area contributed by atoms with Crippen molar-refractivity contribution in [1.82, 2.24) is 25.1 Å². The van der Waals surface area contributed by atoms with Crippen LogP contribution in [0.5, 0.6) is 0 Å². The van der Waals surface area contributed by atoms with Gasteiger partial charge in [0.15, 0.2) is 0 Å². The third-order valence-electron chi connectivity index (χ3n) is 5.44. The molecule has 27 heavy (non-hydrogen) atoms. The van der Waals surface area contributed by atoms with Gasteiger partial charge in [-0.15, -0.1) is 10.2 Å². The van der Waals surface area contributed by atoms with E-state index in [0.29, 0.717) is 11.7 Å². The summed E-state index contributed by atoms with van der Waals surface area (Å²) in [6, 6.07) is 2.02. The number of rotatable bonds is 5. The van der Waals surface area contributed by atoms with Crippen LogP contribution in [0.15, 0.2) is 6.07 Å². The van der Waals surface area contributed by atoms with Crippen molar-refractivity contribution in [1.29, 1.82) is 0 Å². The molecule has 1 saturated heterocycles. The van der Waals surface area contributed by atoms with Gasteiger partial charge in [-0.05, 0) is 39.0 Å². The van der Waals surface area contributed by atoms with E-state index >= 15 is 0 Å². The van der Waals surface area contributed by atoms with Crippen molar-refractivity contribution in [3.05, 3.63) is 22.6 Å². The summed E-state index contributed by atoms with van der Waals surface area (Å²) in [5.74, 6) is 1.95. The Balaban J connectivity index is 1.55. The molecule has 2 aromatic rings. The Morgan fingerprint density at radius 3 is 2.78 bits per heavy atom. The molecule has 8 heteroatoms. The first-order chi connectivity index (χ1) is 13.1. The van der Waals surface area contributed by atoms with Crippen molar-refractivity contribution in [2.24, 2.45) is 5.92 Å². The summed E-state index contributed by atoms with van der Waals surface area (Å²) in [7, 11) is 0. The summed E-state index contributed by atoms with van der Waals surface area (Å²) in [6.45, 7) is 4.79. The molecule has 7 nitrogen and oxygen atoms in total. The maximum Gasteiger partial charge on any atom is 0.226 e. The number of hydrogen-bond donors (Lipinski definition) is 1. The van der Waals surface area contributed by atoms with E-state index in [0.717, 1.165) is 60.3 Å². The topological polar surface area (TPSA) is 83.9 Å². The average Bonchev–Trinajstić information content (AvgIpc) is 3.41. The second kappa shape index (κ2) is 7.88. The van der Waals surface area contributed by atoms with Crippen LogP contribution in [-0.2, 0) is 11.2 Å². The lowest BCUT2D eigenvalue weighted by atomic mass is 10.0. The van der Waals surface area contributed by atoms with Gasteiger partial charge < -0.3 is 10.2 Å². The molecular formula is C19H26N6OS. The molecule has 2 fully saturated rings. The summed E-state index contributed by atoms with van der Waals surface area (Å²) < 4.78 is 0. The number of amides is 1. The lowest BCUT2D eigenvalue weighted by Crippen LogP contribution is -2.35. The number of nitrogens with zero attached hydrogens (tertiary/aromatic N) is 5. The van der Waals surface area contributed by atoms with E-state index in [1.54, 1.807) is 0 Å². The van der Waals surface area contributed by atoms with Crippen LogP contribution in [0.1, 0.15) is 68.0 Å². The largest absolute Gasteiger partial charge is 0.334 e. The second-order valence-corrected chi connectivity index (χ2v) is 8.44. The third kappa shape index (κ3) is 3.95. The van der Waals surface area contributed by atoms with Gasteiger partial charge in [-0.3, -0.25) is 4.79 Å². The fourth-order valence-electron chi connectivity index (χ4n) is 4.13. The molecule has 0 radical (unpaired) electrons. The Morgan fingerprint density at radius 2 is 2.04 bits per heavy atom. The highest BCUT2D eigenvalue weighted by atomic mass is 32.1. The highest BCUT2D eigenvalue weighted by Crippen LogP contribution is 2.36. The van der Waals surface area contributed by atoms with Crippen molar-refractivity contribution in [3.8, 4) is 0 Å². The van der Waals surface area contributed by atoms with Gasteiger partial charge in [0.25, 0.3) is 0 Å². The van der Waals surface area contributed by atoms with Crippen LogP contribution in [0.25, 0.3) is 0 Å². The number of anilines is 2. The number of carbonyl (C=O) groups is 1. The minimum atomic E-state index is 0.0565. The van der Waals surface area contributed by atoms with Crippen LogP contribution in [-0.4, -0.2) is 37.5 Å². The quantitative estimate of drug-likeness (QED) is 0.841. The van der Waals surface area contributed by atoms with Gasteiger partial charge in [0, 0.05) is 18.5 Å². The number of carbonyl (C=O) groups excluding carboxylic acids is 1. The minimum absolute atomic E-state index is 0.0565. The Hall–Kier alpha value is -2.09. The molecule has 0 aromatic carbocycles. The van der Waals surface area contributed by atoms with Crippen LogP contribution in [0.4, 0.5) is 10.9 Å². The van der Waals surface area contributed by atoms with Gasteiger partial charge in [-0.2, -0.15) is 0 Å². The van der Waals surface area contributed by atoms with Gasteiger partial charge in [0.2, 0.25) is 11.0 Å². The molecule has 3 heterocycles. The summed E-state index contributed by atoms with van der Waals surface area (Å²) in [5, 5.41) is 13.3. The van der Waals surface area contributed by atoms with Gasteiger partial charge >= 0.3 is 0 Å². The highest BCUT2D eigenvalue weighted by molar-refractivity contribution is 7.15. The van der Waals surface area contributed by atoms with E-state index < -0.39 is 0 Å². The second-order valence-electron chi connectivity index (χ2n) is 7.38. The van der Waals surface area contributed by atoms with Gasteiger partial charge in [-0.1, -0.05) is 31.1 Å². The SMILES string of the molecule is CCc1nnc(Nc2cc([C@H]3CCCN3C(=O)C3CCCC3)nc(C)n2)s1. The number of aryl methyl sites for hydroxylation is 2. The molecule has 1 amide bonds. The maximum absolute atomic E-state index is 13.0. The predicted molar refractivity (Wildman–Crippen MR) is 105 cm³/mol. The van der Waals surface area contributed by atoms with Gasteiger partial charge in [-0.25, -0.2) is 9.97 Å². The number of likely N-dealkylation sites (tertiary alicyclic amines) is 1. The number of hydrogen-bond acceptors (Lipinski definition) is 7. The van der Waals surface area contributed by atoms with E-state index in [-0.39, 0.29) is 12.0 Å². The third-order valence-corrected chi connectivity index (χ3v) is 6.43. The maximum atomic E-state index is 13.0. The normalized spacial score (nSPS) is 20.4. The Bertz CT molecular complexity index is 816. The Labute approximate surface area is 163 Å². The van der Waals surface area contributed by atoms with E-state index in [9.17, 15) is 4.79 Å². The van der Waals surface area contributed by atoms with Gasteiger partial charge in [0.05, 0.1) is 11.7 Å². The number of aromatic nitrogens is 4. The molecule has 1 saturated carbocycles. The van der Waals surface area contributed by atoms with E-state index in [1.807, 2.05) is 13.0 Å². The van der Waals surface area contributed by atoms with Crippen molar-refractivity contribution in [2.45, 2.75) is 64.8 Å². The standard InChI is InChI=1S/C19H26N6OS/c1-3-17-23-24-19(27-17)22-16-11-14(20-12(2)21-16)15-9-6-10-25(15)18(26)13-7-4-5-8-13/h11,13,15H,3-10H2,1-2H3,(H,20,21,22,24)/t15-/m1/s1. The fraction of sp³-hybridized carbons (Fsp3) is 0.632. The zero-order chi connectivity index (χ0) is 18.8. The molecule has 0 unspecified atom stereocenters. The molecule has 2 aromatic heterocycles. The summed E-state index contributed by atoms with van der Waals surface area (Å²) in [5.41, 5.74) is 0.925. The molecular weight excluding hydrogens is 360 g/mol. The van der Waals surface area contributed by atoms with Crippen molar-refractivity contribution in [2.75, 3.05) is 11.9 Å². The fourth-order valence-corrected chi connectivity index (χ4v) is 4.81. The molecule has 1 atom stereocenters. The molecule has 0 bridgehead atoms. The Kier molecular flexibility index (Phi) is 5.33. The first kappa shape index (κ1) is 18.3. The summed E-state index contributed by atoms with van der Waals surface area (Å²) in [4.78, 5) is 24.2. The lowest BCUT2D eigenvalue weighted by molar-refractivity contribution is -0.136. The highest BCUT2D eigenvalue weighted by Gasteiger charge is 2.35. The zero-order valence-electron chi connectivity index (χ0n) is 15.9. The smallest absolute Gasteiger partial charge is 0.226 e. The van der Waals surface area contributed by atoms with E-state index in [1.165, 1.54) is 24.2 Å². The molecule has 1 aliphatic carbocycles. The first-order valence-electron chi connectivity index (χ1n) is 9.89. The van der Waals surface area contributed by atoms with E-state index in [2.05, 4.69) is 37.3 Å². The lowest BCUT2D eigenvalue weighted by Gasteiger charge is -2.27. The molecule has 2 aliphatic rings. The van der Waals surface area contributed by atoms with Crippen molar-refractivity contribution >= 4 is 28.2 Å². The molecule has 1 aliphatic heterocycles. The van der Waals surface area contributed by atoms with Crippen LogP contribution in [0.3, 0.4) is 0 Å². The molecule has 1 N–H and O–H groups in total. The minimum Gasteiger partial charge on any atom is -0.334 e.